The van der Waals surface area contributed by atoms with Crippen LogP contribution in [0.25, 0.3) is 0 Å². The molecule has 0 N–H and O–H groups in total. The van der Waals surface area contributed by atoms with E-state index >= 15 is 0 Å². The number of nitrogens with zero attached hydrogens (tertiary/aromatic N) is 2. The van der Waals surface area contributed by atoms with E-state index in [0.717, 1.165) is 5.56 Å². The lowest BCUT2D eigenvalue weighted by molar-refractivity contribution is -0.119. The van der Waals surface area contributed by atoms with Gasteiger partial charge in [-0.2, -0.15) is 0 Å². The van der Waals surface area contributed by atoms with Gasteiger partial charge in [-0.1, -0.05) is 53.0 Å². The Bertz CT molecular complexity index is 1130. The maximum absolute atomic E-state index is 13.3. The van der Waals surface area contributed by atoms with Crippen molar-refractivity contribution >= 4 is 58.0 Å². The van der Waals surface area contributed by atoms with Crippen LogP contribution in [0.3, 0.4) is 0 Å². The van der Waals surface area contributed by atoms with Gasteiger partial charge in [-0.25, -0.2) is 0 Å². The minimum Gasteiger partial charge on any atom is -0.304 e. The van der Waals surface area contributed by atoms with E-state index in [4.69, 9.17) is 34.8 Å². The van der Waals surface area contributed by atoms with E-state index in [1.165, 1.54) is 4.90 Å². The number of halogens is 3. The third-order valence-corrected chi connectivity index (χ3v) is 6.07. The number of amides is 2. The van der Waals surface area contributed by atoms with Crippen molar-refractivity contribution in [3.63, 3.8) is 0 Å². The van der Waals surface area contributed by atoms with E-state index in [-0.39, 0.29) is 11.8 Å². The van der Waals surface area contributed by atoms with Gasteiger partial charge in [0.25, 0.3) is 5.91 Å². The minimum atomic E-state index is -0.675. The maximum Gasteiger partial charge on any atom is 0.259 e. The Labute approximate surface area is 189 Å². The second-order valence-electron chi connectivity index (χ2n) is 7.02. The fourth-order valence-corrected chi connectivity index (χ4v) is 4.01. The molecule has 0 aliphatic carbocycles. The molecule has 0 saturated carbocycles. The molecule has 3 aromatic rings. The Morgan fingerprint density at radius 1 is 0.900 bits per heavy atom. The van der Waals surface area contributed by atoms with Gasteiger partial charge in [0, 0.05) is 10.6 Å². The summed E-state index contributed by atoms with van der Waals surface area (Å²) in [7, 11) is 0. The Hall–Kier alpha value is -2.53. The molecule has 0 radical (unpaired) electrons. The molecule has 0 saturated heterocycles. The Kier molecular flexibility index (Phi) is 5.74. The molecule has 0 unspecified atom stereocenters. The average molecular weight is 460 g/mol. The summed E-state index contributed by atoms with van der Waals surface area (Å²) in [5.74, 6) is -0.434. The number of fused-ring (bicyclic) bond motifs is 1. The van der Waals surface area contributed by atoms with Gasteiger partial charge < -0.3 is 4.90 Å². The van der Waals surface area contributed by atoms with Crippen molar-refractivity contribution < 1.29 is 9.59 Å². The highest BCUT2D eigenvalue weighted by molar-refractivity contribution is 6.42. The van der Waals surface area contributed by atoms with Crippen LogP contribution in [-0.4, -0.2) is 17.9 Å². The van der Waals surface area contributed by atoms with Gasteiger partial charge in [-0.15, -0.1) is 0 Å². The molecule has 152 valence electrons. The molecule has 2 amide bonds. The number of para-hydroxylation sites is 2. The van der Waals surface area contributed by atoms with Crippen LogP contribution in [0, 0.1) is 0 Å². The first kappa shape index (κ1) is 20.7. The summed E-state index contributed by atoms with van der Waals surface area (Å²) in [6.07, 6.45) is 0. The van der Waals surface area contributed by atoms with E-state index in [0.29, 0.717) is 38.6 Å². The summed E-state index contributed by atoms with van der Waals surface area (Å²) < 4.78 is 0. The highest BCUT2D eigenvalue weighted by Gasteiger charge is 2.38. The second kappa shape index (κ2) is 8.31. The van der Waals surface area contributed by atoms with E-state index in [9.17, 15) is 9.59 Å². The van der Waals surface area contributed by atoms with Gasteiger partial charge in [0.05, 0.1) is 28.0 Å². The van der Waals surface area contributed by atoms with Crippen molar-refractivity contribution in [1.29, 1.82) is 0 Å². The summed E-state index contributed by atoms with van der Waals surface area (Å²) in [5.41, 5.74) is 2.64. The largest absolute Gasteiger partial charge is 0.304 e. The summed E-state index contributed by atoms with van der Waals surface area (Å²) in [5, 5.41) is 1.43. The van der Waals surface area contributed by atoms with E-state index in [1.807, 2.05) is 30.3 Å². The van der Waals surface area contributed by atoms with E-state index in [1.54, 1.807) is 48.2 Å². The molecule has 7 heteroatoms. The van der Waals surface area contributed by atoms with Crippen LogP contribution in [0.1, 0.15) is 22.8 Å². The van der Waals surface area contributed by atoms with Crippen LogP contribution >= 0.6 is 34.8 Å². The number of benzene rings is 3. The van der Waals surface area contributed by atoms with Crippen LogP contribution < -0.4 is 9.80 Å². The molecule has 4 nitrogen and oxygen atoms in total. The zero-order valence-electron chi connectivity index (χ0n) is 16.0. The molecule has 0 fully saturated rings. The molecule has 0 aromatic heterocycles. The Balaban J connectivity index is 1.73. The zero-order valence-corrected chi connectivity index (χ0v) is 18.2. The Morgan fingerprint density at radius 3 is 2.23 bits per heavy atom. The molecule has 0 spiro atoms. The first-order valence-corrected chi connectivity index (χ1v) is 10.4. The summed E-state index contributed by atoms with van der Waals surface area (Å²) in [4.78, 5) is 29.8. The highest BCUT2D eigenvalue weighted by Crippen LogP contribution is 2.38. The number of anilines is 2. The van der Waals surface area contributed by atoms with Crippen LogP contribution in [0.5, 0.6) is 0 Å². The molecular formula is C23H17Cl3N2O2. The summed E-state index contributed by atoms with van der Waals surface area (Å²) in [6, 6.07) is 18.6. The van der Waals surface area contributed by atoms with Crippen molar-refractivity contribution in [2.45, 2.75) is 19.5 Å². The lowest BCUT2D eigenvalue weighted by Gasteiger charge is -2.40. The molecule has 30 heavy (non-hydrogen) atoms. The second-order valence-corrected chi connectivity index (χ2v) is 8.27. The van der Waals surface area contributed by atoms with Crippen molar-refractivity contribution in [2.75, 3.05) is 9.80 Å². The maximum atomic E-state index is 13.3. The lowest BCUT2D eigenvalue weighted by Crippen LogP contribution is -2.54. The average Bonchev–Trinajstić information content (AvgIpc) is 2.74. The highest BCUT2D eigenvalue weighted by atomic mass is 35.5. The van der Waals surface area contributed by atoms with Crippen LogP contribution in [0.15, 0.2) is 66.7 Å². The first-order valence-electron chi connectivity index (χ1n) is 9.30. The van der Waals surface area contributed by atoms with Crippen molar-refractivity contribution in [3.8, 4) is 0 Å². The number of carbonyl (C=O) groups is 2. The van der Waals surface area contributed by atoms with Crippen molar-refractivity contribution in [3.05, 3.63) is 92.9 Å². The van der Waals surface area contributed by atoms with Gasteiger partial charge in [0.1, 0.15) is 6.04 Å². The fraction of sp³-hybridized carbons (Fsp3) is 0.130. The van der Waals surface area contributed by atoms with Crippen LogP contribution in [0.2, 0.25) is 15.1 Å². The fourth-order valence-electron chi connectivity index (χ4n) is 3.56. The van der Waals surface area contributed by atoms with E-state index in [2.05, 4.69) is 0 Å². The SMILES string of the molecule is C[C@@H]1C(=O)N(Cc2ccc(Cl)c(Cl)c2)c2ccccc2N1C(=O)c1ccc(Cl)cc1. The quantitative estimate of drug-likeness (QED) is 0.466. The molecule has 1 atom stereocenters. The molecule has 3 aromatic carbocycles. The predicted octanol–water partition coefficient (Wildman–Crippen LogP) is 6.23. The molecule has 1 heterocycles. The van der Waals surface area contributed by atoms with Gasteiger partial charge >= 0.3 is 0 Å². The smallest absolute Gasteiger partial charge is 0.259 e. The van der Waals surface area contributed by atoms with E-state index < -0.39 is 6.04 Å². The third-order valence-electron chi connectivity index (χ3n) is 5.08. The summed E-state index contributed by atoms with van der Waals surface area (Å²) in [6.45, 7) is 2.05. The third kappa shape index (κ3) is 3.79. The molecule has 0 bridgehead atoms. The minimum absolute atomic E-state index is 0.179. The summed E-state index contributed by atoms with van der Waals surface area (Å²) >= 11 is 18.1. The van der Waals surface area contributed by atoms with Gasteiger partial charge in [0.2, 0.25) is 5.91 Å². The molecule has 1 aliphatic heterocycles. The van der Waals surface area contributed by atoms with Crippen molar-refractivity contribution in [1.82, 2.24) is 0 Å². The van der Waals surface area contributed by atoms with Crippen LogP contribution in [-0.2, 0) is 11.3 Å². The first-order chi connectivity index (χ1) is 14.4. The normalized spacial score (nSPS) is 15.9. The topological polar surface area (TPSA) is 40.6 Å². The Morgan fingerprint density at radius 2 is 1.57 bits per heavy atom. The number of rotatable bonds is 3. The van der Waals surface area contributed by atoms with Gasteiger partial charge in [0.15, 0.2) is 0 Å². The van der Waals surface area contributed by atoms with Crippen molar-refractivity contribution in [2.24, 2.45) is 0 Å². The zero-order chi connectivity index (χ0) is 21.4. The molecule has 1 aliphatic rings. The number of carbonyl (C=O) groups excluding carboxylic acids is 2. The monoisotopic (exact) mass is 458 g/mol. The number of hydrogen-bond acceptors (Lipinski definition) is 2. The van der Waals surface area contributed by atoms with Gasteiger partial charge in [-0.05, 0) is 61.0 Å². The van der Waals surface area contributed by atoms with Gasteiger partial charge in [-0.3, -0.25) is 14.5 Å². The predicted molar refractivity (Wildman–Crippen MR) is 122 cm³/mol. The number of hydrogen-bond donors (Lipinski definition) is 0. The standard InChI is InChI=1S/C23H17Cl3N2O2/c1-14-22(29)27(13-15-6-11-18(25)19(26)12-15)20-4-2-3-5-21(20)28(14)23(30)16-7-9-17(24)10-8-16/h2-12,14H,13H2,1H3/t14-/m1/s1. The molecular weight excluding hydrogens is 443 g/mol. The van der Waals surface area contributed by atoms with Crippen LogP contribution in [0.4, 0.5) is 11.4 Å². The lowest BCUT2D eigenvalue weighted by atomic mass is 10.0. The molecule has 4 rings (SSSR count).